The Morgan fingerprint density at radius 2 is 1.45 bits per heavy atom. The molecule has 0 saturated heterocycles. The van der Waals surface area contributed by atoms with Crippen molar-refractivity contribution in [2.75, 3.05) is 7.11 Å². The standard InChI is InChI=1S/C22H18F7NO3/c1-33-20(32)16-6-7-17(18(16)11-2-4-15(23)5-3-11)30-19(31)12-8-13(21(24,25)26)10-14(9-12)22(27,28)29/h2-5,8-10,16-18H,6-7H2,1H3,(H,30,31)/t16-,17-,18+/m0/s1. The van der Waals surface area contributed by atoms with E-state index in [-0.39, 0.29) is 18.9 Å². The third-order valence-electron chi connectivity index (χ3n) is 5.58. The molecule has 4 nitrogen and oxygen atoms in total. The van der Waals surface area contributed by atoms with Gasteiger partial charge in [-0.3, -0.25) is 9.59 Å². The van der Waals surface area contributed by atoms with Crippen LogP contribution in [-0.4, -0.2) is 25.0 Å². The molecule has 0 aromatic heterocycles. The number of hydrogen-bond acceptors (Lipinski definition) is 3. The topological polar surface area (TPSA) is 55.4 Å². The van der Waals surface area contributed by atoms with E-state index < -0.39 is 64.6 Å². The van der Waals surface area contributed by atoms with E-state index in [9.17, 15) is 40.3 Å². The number of benzene rings is 2. The van der Waals surface area contributed by atoms with Crippen LogP contribution < -0.4 is 5.32 Å². The predicted octanol–water partition coefficient (Wildman–Crippen LogP) is 5.33. The van der Waals surface area contributed by atoms with Crippen LogP contribution in [0, 0.1) is 11.7 Å². The molecular weight excluding hydrogens is 459 g/mol. The summed E-state index contributed by atoms with van der Waals surface area (Å²) in [7, 11) is 1.16. The third-order valence-corrected chi connectivity index (χ3v) is 5.58. The number of amides is 1. The number of hydrogen-bond donors (Lipinski definition) is 1. The van der Waals surface area contributed by atoms with Crippen molar-refractivity contribution >= 4 is 11.9 Å². The molecule has 1 saturated carbocycles. The van der Waals surface area contributed by atoms with Crippen LogP contribution in [0.5, 0.6) is 0 Å². The minimum Gasteiger partial charge on any atom is -0.469 e. The lowest BCUT2D eigenvalue weighted by molar-refractivity contribution is -0.146. The highest BCUT2D eigenvalue weighted by Crippen LogP contribution is 2.41. The maximum absolute atomic E-state index is 13.3. The Balaban J connectivity index is 1.95. The zero-order valence-corrected chi connectivity index (χ0v) is 17.1. The van der Waals surface area contributed by atoms with Crippen LogP contribution in [0.4, 0.5) is 30.7 Å². The molecule has 11 heteroatoms. The number of esters is 1. The first-order valence-corrected chi connectivity index (χ1v) is 9.75. The summed E-state index contributed by atoms with van der Waals surface area (Å²) in [6.45, 7) is 0. The fourth-order valence-electron chi connectivity index (χ4n) is 4.06. The van der Waals surface area contributed by atoms with Crippen molar-refractivity contribution in [2.45, 2.75) is 37.2 Å². The Kier molecular flexibility index (Phi) is 6.71. The van der Waals surface area contributed by atoms with Crippen molar-refractivity contribution in [3.05, 3.63) is 70.5 Å². The van der Waals surface area contributed by atoms with Crippen LogP contribution in [0.3, 0.4) is 0 Å². The van der Waals surface area contributed by atoms with E-state index in [1.165, 1.54) is 12.1 Å². The highest BCUT2D eigenvalue weighted by molar-refractivity contribution is 5.95. The van der Waals surface area contributed by atoms with E-state index in [1.807, 2.05) is 0 Å². The Morgan fingerprint density at radius 1 is 0.909 bits per heavy atom. The smallest absolute Gasteiger partial charge is 0.416 e. The summed E-state index contributed by atoms with van der Waals surface area (Å²) in [6, 6.07) is 4.87. The summed E-state index contributed by atoms with van der Waals surface area (Å²) in [5, 5.41) is 2.45. The van der Waals surface area contributed by atoms with Gasteiger partial charge >= 0.3 is 18.3 Å². The molecule has 0 radical (unpaired) electrons. The lowest BCUT2D eigenvalue weighted by atomic mass is 9.86. The summed E-state index contributed by atoms with van der Waals surface area (Å²) in [6.07, 6.45) is -9.75. The Bertz CT molecular complexity index is 1000. The normalized spacial score (nSPS) is 21.0. The minimum atomic E-state index is -5.10. The Hall–Kier alpha value is -3.11. The van der Waals surface area contributed by atoms with Crippen LogP contribution in [0.15, 0.2) is 42.5 Å². The largest absolute Gasteiger partial charge is 0.469 e. The van der Waals surface area contributed by atoms with Crippen LogP contribution in [0.2, 0.25) is 0 Å². The van der Waals surface area contributed by atoms with Gasteiger partial charge in [-0.05, 0) is 48.7 Å². The molecule has 1 amide bonds. The quantitative estimate of drug-likeness (QED) is 0.479. The third kappa shape index (κ3) is 5.45. The van der Waals surface area contributed by atoms with Crippen molar-refractivity contribution in [3.63, 3.8) is 0 Å². The van der Waals surface area contributed by atoms with Gasteiger partial charge < -0.3 is 10.1 Å². The molecule has 1 N–H and O–H groups in total. The first-order chi connectivity index (χ1) is 15.3. The average molecular weight is 477 g/mol. The van der Waals surface area contributed by atoms with Crippen LogP contribution in [0.1, 0.15) is 45.8 Å². The summed E-state index contributed by atoms with van der Waals surface area (Å²) in [5.74, 6) is -3.75. The molecule has 0 unspecified atom stereocenters. The number of halogens is 7. The lowest BCUT2D eigenvalue weighted by Gasteiger charge is -2.25. The molecule has 1 fully saturated rings. The van der Waals surface area contributed by atoms with E-state index in [1.54, 1.807) is 0 Å². The van der Waals surface area contributed by atoms with Crippen molar-refractivity contribution in [3.8, 4) is 0 Å². The van der Waals surface area contributed by atoms with Crippen LogP contribution >= 0.6 is 0 Å². The number of ether oxygens (including phenoxy) is 1. The first kappa shape index (κ1) is 24.5. The van der Waals surface area contributed by atoms with Crippen LogP contribution in [0.25, 0.3) is 0 Å². The maximum atomic E-state index is 13.3. The SMILES string of the molecule is COC(=O)[C@H]1CC[C@H](NC(=O)c2cc(C(F)(F)F)cc(C(F)(F)F)c2)[C@@H]1c1ccc(F)cc1. The fourth-order valence-corrected chi connectivity index (χ4v) is 4.06. The molecule has 1 aliphatic carbocycles. The second-order valence-corrected chi connectivity index (χ2v) is 7.66. The first-order valence-electron chi connectivity index (χ1n) is 9.75. The fraction of sp³-hybridized carbons (Fsp3) is 0.364. The van der Waals surface area contributed by atoms with Crippen molar-refractivity contribution in [2.24, 2.45) is 5.92 Å². The molecule has 178 valence electrons. The van der Waals surface area contributed by atoms with Gasteiger partial charge in [-0.1, -0.05) is 12.1 Å². The monoisotopic (exact) mass is 477 g/mol. The van der Waals surface area contributed by atoms with Gasteiger partial charge in [0.2, 0.25) is 0 Å². The molecular formula is C22H18F7NO3. The van der Waals surface area contributed by atoms with Crippen molar-refractivity contribution < 1.29 is 45.1 Å². The van der Waals surface area contributed by atoms with Gasteiger partial charge in [-0.25, -0.2) is 4.39 Å². The number of nitrogens with one attached hydrogen (secondary N) is 1. The number of rotatable bonds is 4. The van der Waals surface area contributed by atoms with Crippen LogP contribution in [-0.2, 0) is 21.9 Å². The van der Waals surface area contributed by atoms with Gasteiger partial charge in [-0.15, -0.1) is 0 Å². The molecule has 1 aliphatic rings. The molecule has 0 spiro atoms. The van der Waals surface area contributed by atoms with E-state index >= 15 is 0 Å². The average Bonchev–Trinajstić information content (AvgIpc) is 3.15. The van der Waals surface area contributed by atoms with Gasteiger partial charge in [0, 0.05) is 17.5 Å². The van der Waals surface area contributed by atoms with Crippen molar-refractivity contribution in [1.82, 2.24) is 5.32 Å². The Morgan fingerprint density at radius 3 is 1.94 bits per heavy atom. The summed E-state index contributed by atoms with van der Waals surface area (Å²) in [5.41, 5.74) is -3.58. The summed E-state index contributed by atoms with van der Waals surface area (Å²) >= 11 is 0. The molecule has 3 atom stereocenters. The highest BCUT2D eigenvalue weighted by Gasteiger charge is 2.43. The van der Waals surface area contributed by atoms with Gasteiger partial charge in [0.25, 0.3) is 5.91 Å². The van der Waals surface area contributed by atoms with Crippen molar-refractivity contribution in [1.29, 1.82) is 0 Å². The zero-order valence-electron chi connectivity index (χ0n) is 17.1. The number of carbonyl (C=O) groups is 2. The van der Waals surface area contributed by atoms with E-state index in [0.717, 1.165) is 19.2 Å². The summed E-state index contributed by atoms with van der Waals surface area (Å²) in [4.78, 5) is 24.9. The predicted molar refractivity (Wildman–Crippen MR) is 102 cm³/mol. The number of alkyl halides is 6. The molecule has 2 aromatic rings. The van der Waals surface area contributed by atoms with Gasteiger partial charge in [0.15, 0.2) is 0 Å². The number of methoxy groups -OCH3 is 1. The second kappa shape index (κ2) is 9.03. The molecule has 0 aliphatic heterocycles. The number of carbonyl (C=O) groups excluding carboxylic acids is 2. The summed E-state index contributed by atoms with van der Waals surface area (Å²) < 4.78 is 96.8. The highest BCUT2D eigenvalue weighted by atomic mass is 19.4. The molecule has 0 heterocycles. The molecule has 2 aromatic carbocycles. The molecule has 33 heavy (non-hydrogen) atoms. The second-order valence-electron chi connectivity index (χ2n) is 7.66. The van der Waals surface area contributed by atoms with E-state index in [0.29, 0.717) is 17.7 Å². The Labute approximate surface area is 183 Å². The van der Waals surface area contributed by atoms with E-state index in [4.69, 9.17) is 4.74 Å². The minimum absolute atomic E-state index is 0.0685. The van der Waals surface area contributed by atoms with Gasteiger partial charge in [0.05, 0.1) is 24.2 Å². The van der Waals surface area contributed by atoms with E-state index in [2.05, 4.69) is 5.32 Å². The lowest BCUT2D eigenvalue weighted by Crippen LogP contribution is -2.39. The van der Waals surface area contributed by atoms with Gasteiger partial charge in [0.1, 0.15) is 5.82 Å². The molecule has 0 bridgehead atoms. The zero-order chi connectivity index (χ0) is 24.6. The van der Waals surface area contributed by atoms with Gasteiger partial charge in [-0.2, -0.15) is 26.3 Å². The molecule has 3 rings (SSSR count). The maximum Gasteiger partial charge on any atom is 0.416 e.